The maximum Gasteiger partial charge on any atom is 0.288 e. The molecule has 1 N–H and O–H groups in total. The topological polar surface area (TPSA) is 66.5 Å². The van der Waals surface area contributed by atoms with Gasteiger partial charge in [0.25, 0.3) is 5.24 Å². The molecule has 1 saturated heterocycles. The van der Waals surface area contributed by atoms with Gasteiger partial charge in [-0.15, -0.1) is 0 Å². The summed E-state index contributed by atoms with van der Waals surface area (Å²) >= 11 is 2.60. The molecule has 1 fully saturated rings. The molecule has 0 atom stereocenters. The van der Waals surface area contributed by atoms with Gasteiger partial charge in [-0.2, -0.15) is 11.8 Å². The van der Waals surface area contributed by atoms with E-state index >= 15 is 0 Å². The summed E-state index contributed by atoms with van der Waals surface area (Å²) in [5.74, 6) is 1.31. The van der Waals surface area contributed by atoms with Crippen molar-refractivity contribution in [3.05, 3.63) is 0 Å². The second-order valence-corrected chi connectivity index (χ2v) is 7.42. The van der Waals surface area contributed by atoms with Gasteiger partial charge in [0, 0.05) is 13.1 Å². The molecule has 1 heterocycles. The van der Waals surface area contributed by atoms with Crippen LogP contribution >= 0.6 is 23.5 Å². The Kier molecular flexibility index (Phi) is 6.19. The van der Waals surface area contributed by atoms with Crippen molar-refractivity contribution in [2.75, 3.05) is 30.3 Å². The molecule has 0 aromatic heterocycles. The highest BCUT2D eigenvalue weighted by Crippen LogP contribution is 2.20. The summed E-state index contributed by atoms with van der Waals surface area (Å²) in [5.41, 5.74) is 0.205. The van der Waals surface area contributed by atoms with E-state index in [0.29, 0.717) is 12.3 Å². The number of nitrogens with zero attached hydrogens (tertiary/aromatic N) is 1. The van der Waals surface area contributed by atoms with Gasteiger partial charge in [0.15, 0.2) is 0 Å². The summed E-state index contributed by atoms with van der Waals surface area (Å²) in [6, 6.07) is 0. The summed E-state index contributed by atoms with van der Waals surface area (Å²) in [7, 11) is 0. The average Bonchev–Trinajstić information content (AvgIpc) is 2.58. The van der Waals surface area contributed by atoms with Crippen LogP contribution in [0.2, 0.25) is 0 Å². The van der Waals surface area contributed by atoms with E-state index in [-0.39, 0.29) is 34.8 Å². The van der Waals surface area contributed by atoms with E-state index in [4.69, 9.17) is 0 Å². The normalized spacial score (nSPS) is 16.1. The predicted octanol–water partition coefficient (Wildman–Crippen LogP) is 1.58. The molecule has 0 aliphatic carbocycles. The number of hydrogen-bond donors (Lipinski definition) is 1. The van der Waals surface area contributed by atoms with E-state index in [1.165, 1.54) is 4.90 Å². The minimum atomic E-state index is -0.221. The predicted molar refractivity (Wildman–Crippen MR) is 79.4 cm³/mol. The third-order valence-corrected chi connectivity index (χ3v) is 4.66. The van der Waals surface area contributed by atoms with Crippen LogP contribution in [-0.2, 0) is 9.59 Å². The van der Waals surface area contributed by atoms with E-state index in [1.54, 1.807) is 11.8 Å². The lowest BCUT2D eigenvalue weighted by molar-refractivity contribution is -0.125. The van der Waals surface area contributed by atoms with Crippen molar-refractivity contribution >= 4 is 40.6 Å². The van der Waals surface area contributed by atoms with Crippen LogP contribution in [0.3, 0.4) is 0 Å². The molecule has 108 valence electrons. The number of carbonyl (C=O) groups is 3. The molecule has 1 aliphatic heterocycles. The van der Waals surface area contributed by atoms with E-state index in [2.05, 4.69) is 26.1 Å². The molecule has 1 rings (SSSR count). The van der Waals surface area contributed by atoms with Crippen LogP contribution in [-0.4, -0.2) is 52.3 Å². The monoisotopic (exact) mass is 304 g/mol. The van der Waals surface area contributed by atoms with Crippen molar-refractivity contribution in [2.24, 2.45) is 5.41 Å². The van der Waals surface area contributed by atoms with Crippen LogP contribution in [0.5, 0.6) is 0 Å². The van der Waals surface area contributed by atoms with Gasteiger partial charge < -0.3 is 5.32 Å². The van der Waals surface area contributed by atoms with Crippen LogP contribution in [0.1, 0.15) is 20.8 Å². The maximum atomic E-state index is 11.5. The lowest BCUT2D eigenvalue weighted by Crippen LogP contribution is -2.38. The highest BCUT2D eigenvalue weighted by atomic mass is 32.2. The summed E-state index contributed by atoms with van der Waals surface area (Å²) < 4.78 is 0. The van der Waals surface area contributed by atoms with Crippen molar-refractivity contribution in [3.8, 4) is 0 Å². The summed E-state index contributed by atoms with van der Waals surface area (Å²) in [4.78, 5) is 35.3. The second-order valence-electron chi connectivity index (χ2n) is 5.50. The molecule has 0 bridgehead atoms. The van der Waals surface area contributed by atoms with Crippen molar-refractivity contribution in [3.63, 3.8) is 0 Å². The fraction of sp³-hybridized carbons (Fsp3) is 0.750. The Morgan fingerprint density at radius 3 is 2.63 bits per heavy atom. The van der Waals surface area contributed by atoms with E-state index in [1.807, 2.05) is 0 Å². The fourth-order valence-corrected chi connectivity index (χ4v) is 3.16. The average molecular weight is 304 g/mol. The molecule has 3 amide bonds. The number of amides is 3. The Hall–Kier alpha value is -0.690. The van der Waals surface area contributed by atoms with Gasteiger partial charge in [-0.3, -0.25) is 19.3 Å². The van der Waals surface area contributed by atoms with Gasteiger partial charge >= 0.3 is 0 Å². The first-order chi connectivity index (χ1) is 8.79. The van der Waals surface area contributed by atoms with Crippen LogP contribution in [0.15, 0.2) is 0 Å². The van der Waals surface area contributed by atoms with Crippen LogP contribution in [0.25, 0.3) is 0 Å². The molecule has 5 nitrogen and oxygen atoms in total. The van der Waals surface area contributed by atoms with Gasteiger partial charge in [-0.1, -0.05) is 32.5 Å². The van der Waals surface area contributed by atoms with Crippen molar-refractivity contribution in [1.29, 1.82) is 0 Å². The molecule has 0 saturated carbocycles. The molecule has 19 heavy (non-hydrogen) atoms. The van der Waals surface area contributed by atoms with Crippen LogP contribution in [0.4, 0.5) is 4.79 Å². The fourth-order valence-electron chi connectivity index (χ4n) is 1.41. The van der Waals surface area contributed by atoms with Gasteiger partial charge in [-0.25, -0.2) is 0 Å². The SMILES string of the molecule is CC(C)(C)CSCC(=O)NCCN1C(=O)CSC1=O. The van der Waals surface area contributed by atoms with Gasteiger partial charge in [0.1, 0.15) is 0 Å². The van der Waals surface area contributed by atoms with E-state index in [0.717, 1.165) is 17.5 Å². The largest absolute Gasteiger partial charge is 0.354 e. The molecule has 0 aromatic carbocycles. The van der Waals surface area contributed by atoms with Gasteiger partial charge in [0.05, 0.1) is 11.5 Å². The Labute approximate surface area is 122 Å². The second kappa shape index (κ2) is 7.19. The van der Waals surface area contributed by atoms with Crippen LogP contribution in [0, 0.1) is 5.41 Å². The molecule has 0 spiro atoms. The molecule has 7 heteroatoms. The number of hydrogen-bond acceptors (Lipinski definition) is 5. The first-order valence-corrected chi connectivity index (χ1v) is 8.25. The minimum Gasteiger partial charge on any atom is -0.354 e. The number of rotatable bonds is 6. The Balaban J connectivity index is 2.14. The van der Waals surface area contributed by atoms with E-state index in [9.17, 15) is 14.4 Å². The third-order valence-electron chi connectivity index (χ3n) is 2.27. The van der Waals surface area contributed by atoms with Crippen LogP contribution < -0.4 is 5.32 Å². The molecular formula is C12H20N2O3S2. The van der Waals surface area contributed by atoms with Gasteiger partial charge in [0.2, 0.25) is 11.8 Å². The smallest absolute Gasteiger partial charge is 0.288 e. The number of thioether (sulfide) groups is 2. The zero-order chi connectivity index (χ0) is 14.5. The first kappa shape index (κ1) is 16.4. The number of carbonyl (C=O) groups excluding carboxylic acids is 3. The van der Waals surface area contributed by atoms with Crippen molar-refractivity contribution in [1.82, 2.24) is 10.2 Å². The summed E-state index contributed by atoms with van der Waals surface area (Å²) in [6.45, 7) is 6.97. The molecule has 0 aromatic rings. The molecule has 1 aliphatic rings. The zero-order valence-corrected chi connectivity index (χ0v) is 13.2. The maximum absolute atomic E-state index is 11.5. The quantitative estimate of drug-likeness (QED) is 0.807. The van der Waals surface area contributed by atoms with Crippen molar-refractivity contribution < 1.29 is 14.4 Å². The van der Waals surface area contributed by atoms with Gasteiger partial charge in [-0.05, 0) is 11.2 Å². The molecule has 0 unspecified atom stereocenters. The zero-order valence-electron chi connectivity index (χ0n) is 11.5. The summed E-state index contributed by atoms with van der Waals surface area (Å²) in [6.07, 6.45) is 0. The highest BCUT2D eigenvalue weighted by Gasteiger charge is 2.29. The third kappa shape index (κ3) is 6.33. The molecular weight excluding hydrogens is 284 g/mol. The Morgan fingerprint density at radius 1 is 1.42 bits per heavy atom. The Morgan fingerprint density at radius 2 is 2.11 bits per heavy atom. The highest BCUT2D eigenvalue weighted by molar-refractivity contribution is 8.14. The van der Waals surface area contributed by atoms with Crippen molar-refractivity contribution in [2.45, 2.75) is 20.8 Å². The Bertz CT molecular complexity index is 350. The van der Waals surface area contributed by atoms with E-state index < -0.39 is 0 Å². The number of nitrogens with one attached hydrogen (secondary N) is 1. The number of imide groups is 1. The first-order valence-electron chi connectivity index (χ1n) is 6.11. The lowest BCUT2D eigenvalue weighted by Gasteiger charge is -2.17. The molecule has 0 radical (unpaired) electrons. The lowest BCUT2D eigenvalue weighted by atomic mass is 10.0. The summed E-state index contributed by atoms with van der Waals surface area (Å²) in [5, 5.41) is 2.50. The standard InChI is InChI=1S/C12H20N2O3S2/c1-12(2,3)8-18-6-9(15)13-4-5-14-10(16)7-19-11(14)17/h4-8H2,1-3H3,(H,13,15). The minimum absolute atomic E-state index is 0.0546.